The summed E-state index contributed by atoms with van der Waals surface area (Å²) in [6.07, 6.45) is 5.32. The zero-order valence-corrected chi connectivity index (χ0v) is 21.1. The number of nitrogens with two attached hydrogens (primary N) is 1. The van der Waals surface area contributed by atoms with Gasteiger partial charge < -0.3 is 15.4 Å². The van der Waals surface area contributed by atoms with E-state index in [0.717, 1.165) is 47.6 Å². The average molecular weight is 509 g/mol. The van der Waals surface area contributed by atoms with Gasteiger partial charge in [-0.2, -0.15) is 13.9 Å². The Labute approximate surface area is 213 Å². The van der Waals surface area contributed by atoms with Crippen molar-refractivity contribution in [2.24, 2.45) is 5.73 Å². The molecular weight excluding hydrogens is 478 g/mol. The lowest BCUT2D eigenvalue weighted by atomic mass is 9.88. The molecule has 2 unspecified atom stereocenters. The van der Waals surface area contributed by atoms with Crippen LogP contribution in [-0.2, 0) is 0 Å². The number of benzene rings is 1. The van der Waals surface area contributed by atoms with E-state index in [0.29, 0.717) is 24.1 Å². The highest BCUT2D eigenvalue weighted by atomic mass is 19.3. The fraction of sp³-hybridized carbons (Fsp3) is 0.444. The van der Waals surface area contributed by atoms with Crippen LogP contribution < -0.4 is 10.5 Å². The quantitative estimate of drug-likeness (QED) is 0.564. The maximum absolute atomic E-state index is 13.3. The summed E-state index contributed by atoms with van der Waals surface area (Å²) in [6.45, 7) is 3.58. The van der Waals surface area contributed by atoms with Crippen LogP contribution in [0.2, 0.25) is 0 Å². The lowest BCUT2D eigenvalue weighted by Crippen LogP contribution is -2.50. The molecule has 3 aromatic rings. The van der Waals surface area contributed by atoms with Gasteiger partial charge in [0, 0.05) is 54.8 Å². The van der Waals surface area contributed by atoms with Gasteiger partial charge in [-0.3, -0.25) is 9.69 Å². The third-order valence-electron chi connectivity index (χ3n) is 8.26. The van der Waals surface area contributed by atoms with Gasteiger partial charge in [-0.15, -0.1) is 0 Å². The molecule has 2 atom stereocenters. The van der Waals surface area contributed by atoms with Crippen LogP contribution in [0.5, 0.6) is 5.75 Å². The summed E-state index contributed by atoms with van der Waals surface area (Å²) in [6, 6.07) is 6.56. The molecule has 2 bridgehead atoms. The number of halogens is 2. The molecule has 3 aliphatic rings. The lowest BCUT2D eigenvalue weighted by Gasteiger charge is -2.39. The Kier molecular flexibility index (Phi) is 5.57. The number of aromatic nitrogens is 3. The molecule has 1 amide bonds. The highest BCUT2D eigenvalue weighted by molar-refractivity contribution is 5.98. The van der Waals surface area contributed by atoms with Crippen molar-refractivity contribution < 1.29 is 18.3 Å². The predicted octanol–water partition coefficient (Wildman–Crippen LogP) is 3.82. The second-order valence-corrected chi connectivity index (χ2v) is 10.7. The number of ether oxygens (including phenoxy) is 1. The molecule has 0 radical (unpaired) electrons. The molecule has 2 aliphatic heterocycles. The molecule has 10 heteroatoms. The minimum atomic E-state index is -2.99. The summed E-state index contributed by atoms with van der Waals surface area (Å²) in [5.74, 6) is -0.479. The molecule has 2 N–H and O–H groups in total. The Bertz CT molecular complexity index is 1430. The maximum Gasteiger partial charge on any atom is 0.387 e. The summed E-state index contributed by atoms with van der Waals surface area (Å²) >= 11 is 0. The van der Waals surface area contributed by atoms with Gasteiger partial charge >= 0.3 is 6.61 Å². The molecule has 1 aromatic carbocycles. The van der Waals surface area contributed by atoms with Crippen LogP contribution in [0, 0.1) is 0 Å². The van der Waals surface area contributed by atoms with Gasteiger partial charge in [0.1, 0.15) is 12.1 Å². The third kappa shape index (κ3) is 3.73. The van der Waals surface area contributed by atoms with E-state index in [1.54, 1.807) is 34.9 Å². The third-order valence-corrected chi connectivity index (χ3v) is 8.26. The Morgan fingerprint density at radius 2 is 2.08 bits per heavy atom. The molecule has 0 saturated carbocycles. The Balaban J connectivity index is 1.46. The van der Waals surface area contributed by atoms with Gasteiger partial charge in [-0.25, -0.2) is 9.50 Å². The highest BCUT2D eigenvalue weighted by Crippen LogP contribution is 2.53. The largest absolute Gasteiger partial charge is 0.434 e. The number of hydrogen-bond acceptors (Lipinski definition) is 6. The molecule has 194 valence electrons. The fourth-order valence-corrected chi connectivity index (χ4v) is 6.03. The number of amides is 1. The maximum atomic E-state index is 13.3. The smallest absolute Gasteiger partial charge is 0.387 e. The van der Waals surface area contributed by atoms with E-state index in [9.17, 15) is 13.6 Å². The van der Waals surface area contributed by atoms with E-state index in [1.165, 1.54) is 6.07 Å². The van der Waals surface area contributed by atoms with Gasteiger partial charge in [-0.1, -0.05) is 12.1 Å². The summed E-state index contributed by atoms with van der Waals surface area (Å²) in [5, 5.41) is 4.80. The number of carbonyl (C=O) groups excluding carboxylic acids is 1. The summed E-state index contributed by atoms with van der Waals surface area (Å²) in [5.41, 5.74) is 11.4. The van der Waals surface area contributed by atoms with Gasteiger partial charge in [0.2, 0.25) is 0 Å². The minimum Gasteiger partial charge on any atom is -0.434 e. The van der Waals surface area contributed by atoms with Crippen molar-refractivity contribution in [2.75, 3.05) is 26.7 Å². The van der Waals surface area contributed by atoms with Crippen LogP contribution in [0.1, 0.15) is 71.5 Å². The molecule has 0 fully saturated rings. The number of hydrogen-bond donors (Lipinski definition) is 1. The van der Waals surface area contributed by atoms with Crippen molar-refractivity contribution >= 4 is 17.0 Å². The molecule has 2 aromatic heterocycles. The molecule has 1 aliphatic carbocycles. The standard InChI is InChI=1S/C27H30F2N6O2/c1-27(2,13-30)34-9-7-15(8-10-34)18-12-19-23-17-11-20(24(23)32-35(19)14-31-18)33(3)25(36)16-5-4-6-21(22(16)17)37-26(28)29/h4-7,12,14,17,20,26H,8-11,13,30H2,1-3H3. The second kappa shape index (κ2) is 8.59. The molecule has 0 saturated heterocycles. The Morgan fingerprint density at radius 3 is 2.78 bits per heavy atom. The molecule has 0 spiro atoms. The first kappa shape index (κ1) is 24.0. The van der Waals surface area contributed by atoms with Crippen LogP contribution in [0.3, 0.4) is 0 Å². The van der Waals surface area contributed by atoms with E-state index in [4.69, 9.17) is 15.6 Å². The minimum absolute atomic E-state index is 0.0407. The monoisotopic (exact) mass is 508 g/mol. The zero-order chi connectivity index (χ0) is 26.1. The summed E-state index contributed by atoms with van der Waals surface area (Å²) < 4.78 is 33.3. The van der Waals surface area contributed by atoms with Crippen LogP contribution in [0.15, 0.2) is 36.7 Å². The van der Waals surface area contributed by atoms with E-state index in [1.807, 2.05) is 6.07 Å². The van der Waals surface area contributed by atoms with E-state index < -0.39 is 6.61 Å². The first-order chi connectivity index (χ1) is 17.7. The normalized spacial score (nSPS) is 21.8. The molecule has 37 heavy (non-hydrogen) atoms. The summed E-state index contributed by atoms with van der Waals surface area (Å²) in [4.78, 5) is 22.0. The average Bonchev–Trinajstić information content (AvgIpc) is 3.41. The van der Waals surface area contributed by atoms with Crippen molar-refractivity contribution in [3.8, 4) is 5.75 Å². The van der Waals surface area contributed by atoms with Gasteiger partial charge in [0.25, 0.3) is 5.91 Å². The number of nitrogens with zero attached hydrogens (tertiary/aromatic N) is 5. The number of fused-ring (bicyclic) bond motifs is 9. The van der Waals surface area contributed by atoms with Gasteiger partial charge in [0.15, 0.2) is 0 Å². The first-order valence-electron chi connectivity index (χ1n) is 12.6. The molecule has 4 heterocycles. The Hall–Kier alpha value is -3.37. The van der Waals surface area contributed by atoms with Crippen molar-refractivity contribution in [2.45, 2.75) is 50.8 Å². The molecular formula is C27H30F2N6O2. The SMILES string of the molecule is CN1C(=O)c2cccc(OC(F)F)c2C2CC1c1nn3cnc(C4=CCN(C(C)(C)CN)CC4)cc3c12. The lowest BCUT2D eigenvalue weighted by molar-refractivity contribution is -0.0505. The first-order valence-corrected chi connectivity index (χ1v) is 12.6. The fourth-order valence-electron chi connectivity index (χ4n) is 6.03. The second-order valence-electron chi connectivity index (χ2n) is 10.7. The van der Waals surface area contributed by atoms with Crippen LogP contribution in [0.4, 0.5) is 8.78 Å². The molecule has 6 rings (SSSR count). The number of carbonyl (C=O) groups is 1. The van der Waals surface area contributed by atoms with Crippen molar-refractivity contribution in [1.29, 1.82) is 0 Å². The van der Waals surface area contributed by atoms with Crippen molar-refractivity contribution in [3.63, 3.8) is 0 Å². The van der Waals surface area contributed by atoms with E-state index in [2.05, 4.69) is 29.8 Å². The van der Waals surface area contributed by atoms with Crippen molar-refractivity contribution in [1.82, 2.24) is 24.4 Å². The van der Waals surface area contributed by atoms with Crippen LogP contribution in [0.25, 0.3) is 11.1 Å². The zero-order valence-electron chi connectivity index (χ0n) is 21.1. The van der Waals surface area contributed by atoms with Gasteiger partial charge in [0.05, 0.1) is 22.9 Å². The topological polar surface area (TPSA) is 89.0 Å². The number of alkyl halides is 2. The van der Waals surface area contributed by atoms with E-state index in [-0.39, 0.29) is 29.2 Å². The van der Waals surface area contributed by atoms with Crippen LogP contribution in [-0.4, -0.2) is 69.1 Å². The van der Waals surface area contributed by atoms with Gasteiger partial charge in [-0.05, 0) is 50.5 Å². The summed E-state index contributed by atoms with van der Waals surface area (Å²) in [7, 11) is 1.74. The van der Waals surface area contributed by atoms with E-state index >= 15 is 0 Å². The Morgan fingerprint density at radius 1 is 1.27 bits per heavy atom. The van der Waals surface area contributed by atoms with Crippen LogP contribution >= 0.6 is 0 Å². The molecule has 8 nitrogen and oxygen atoms in total. The highest BCUT2D eigenvalue weighted by Gasteiger charge is 2.46. The predicted molar refractivity (Wildman–Crippen MR) is 135 cm³/mol. The number of rotatable bonds is 5. The van der Waals surface area contributed by atoms with Crippen molar-refractivity contribution in [3.05, 3.63) is 64.7 Å².